The Morgan fingerprint density at radius 2 is 2.24 bits per heavy atom. The van der Waals surface area contributed by atoms with Crippen molar-refractivity contribution >= 4 is 21.6 Å². The average Bonchev–Trinajstić information content (AvgIpc) is 2.48. The SMILES string of the molecule is CC(C)n1ncc(NCCOC2CCNCC2)c(Br)c1=O. The first-order valence-corrected chi connectivity index (χ1v) is 8.22. The van der Waals surface area contributed by atoms with E-state index in [0.29, 0.717) is 29.4 Å². The Morgan fingerprint density at radius 1 is 1.52 bits per heavy atom. The lowest BCUT2D eigenvalue weighted by Gasteiger charge is -2.23. The molecule has 2 N–H and O–H groups in total. The van der Waals surface area contributed by atoms with Crippen LogP contribution in [0.2, 0.25) is 0 Å². The Kier molecular flexibility index (Phi) is 6.20. The summed E-state index contributed by atoms with van der Waals surface area (Å²) in [7, 11) is 0. The first-order chi connectivity index (χ1) is 10.1. The average molecular weight is 359 g/mol. The molecule has 1 aromatic rings. The summed E-state index contributed by atoms with van der Waals surface area (Å²) in [6.45, 7) is 7.21. The summed E-state index contributed by atoms with van der Waals surface area (Å²) < 4.78 is 7.80. The topological polar surface area (TPSA) is 68.2 Å². The molecule has 118 valence electrons. The van der Waals surface area contributed by atoms with Crippen molar-refractivity contribution in [2.24, 2.45) is 0 Å². The van der Waals surface area contributed by atoms with Crippen LogP contribution in [-0.2, 0) is 4.74 Å². The first kappa shape index (κ1) is 16.5. The van der Waals surface area contributed by atoms with E-state index in [-0.39, 0.29) is 11.6 Å². The predicted molar refractivity (Wildman–Crippen MR) is 86.9 cm³/mol. The molecule has 0 radical (unpaired) electrons. The van der Waals surface area contributed by atoms with Crippen molar-refractivity contribution in [3.8, 4) is 0 Å². The van der Waals surface area contributed by atoms with Crippen LogP contribution in [-0.4, -0.2) is 42.1 Å². The maximum Gasteiger partial charge on any atom is 0.283 e. The van der Waals surface area contributed by atoms with Crippen LogP contribution in [0, 0.1) is 0 Å². The number of halogens is 1. The third-order valence-corrected chi connectivity index (χ3v) is 4.26. The molecule has 6 nitrogen and oxygen atoms in total. The third kappa shape index (κ3) is 4.52. The normalized spacial score (nSPS) is 16.4. The van der Waals surface area contributed by atoms with E-state index < -0.39 is 0 Å². The summed E-state index contributed by atoms with van der Waals surface area (Å²) in [4.78, 5) is 12.1. The molecule has 21 heavy (non-hydrogen) atoms. The van der Waals surface area contributed by atoms with Crippen LogP contribution in [0.3, 0.4) is 0 Å². The van der Waals surface area contributed by atoms with E-state index in [4.69, 9.17) is 4.74 Å². The molecule has 1 aliphatic heterocycles. The van der Waals surface area contributed by atoms with Crippen LogP contribution in [0.4, 0.5) is 5.69 Å². The van der Waals surface area contributed by atoms with Crippen molar-refractivity contribution in [3.05, 3.63) is 21.0 Å². The quantitative estimate of drug-likeness (QED) is 0.758. The molecule has 0 atom stereocenters. The van der Waals surface area contributed by atoms with Crippen molar-refractivity contribution in [2.45, 2.75) is 38.8 Å². The summed E-state index contributed by atoms with van der Waals surface area (Å²) in [6, 6.07) is 0.0473. The van der Waals surface area contributed by atoms with Gasteiger partial charge in [-0.1, -0.05) is 0 Å². The van der Waals surface area contributed by atoms with Gasteiger partial charge >= 0.3 is 0 Å². The van der Waals surface area contributed by atoms with Crippen LogP contribution in [0.15, 0.2) is 15.5 Å². The fourth-order valence-electron chi connectivity index (χ4n) is 2.31. The number of anilines is 1. The second-order valence-corrected chi connectivity index (χ2v) is 6.26. The lowest BCUT2D eigenvalue weighted by molar-refractivity contribution is 0.0394. The number of hydrogen-bond acceptors (Lipinski definition) is 5. The number of nitrogens with one attached hydrogen (secondary N) is 2. The molecular formula is C14H23BrN4O2. The van der Waals surface area contributed by atoms with Gasteiger partial charge in [0.15, 0.2) is 0 Å². The molecule has 1 fully saturated rings. The number of nitrogens with zero attached hydrogens (tertiary/aromatic N) is 2. The van der Waals surface area contributed by atoms with E-state index in [1.54, 1.807) is 6.20 Å². The highest BCUT2D eigenvalue weighted by atomic mass is 79.9. The second-order valence-electron chi connectivity index (χ2n) is 5.46. The maximum absolute atomic E-state index is 12.1. The van der Waals surface area contributed by atoms with Gasteiger partial charge in [-0.15, -0.1) is 0 Å². The summed E-state index contributed by atoms with van der Waals surface area (Å²) in [5.74, 6) is 0. The number of piperidine rings is 1. The van der Waals surface area contributed by atoms with Gasteiger partial charge in [-0.2, -0.15) is 5.10 Å². The molecule has 0 aliphatic carbocycles. The van der Waals surface area contributed by atoms with Gasteiger partial charge in [0.2, 0.25) is 0 Å². The van der Waals surface area contributed by atoms with Crippen molar-refractivity contribution < 1.29 is 4.74 Å². The molecule has 1 aliphatic rings. The fraction of sp³-hybridized carbons (Fsp3) is 0.714. The van der Waals surface area contributed by atoms with E-state index in [1.165, 1.54) is 4.68 Å². The monoisotopic (exact) mass is 358 g/mol. The van der Waals surface area contributed by atoms with Gasteiger partial charge in [-0.25, -0.2) is 4.68 Å². The molecule has 1 aromatic heterocycles. The first-order valence-electron chi connectivity index (χ1n) is 7.43. The summed E-state index contributed by atoms with van der Waals surface area (Å²) in [5.41, 5.74) is 0.597. The number of hydrogen-bond donors (Lipinski definition) is 2. The van der Waals surface area contributed by atoms with Crippen molar-refractivity contribution in [2.75, 3.05) is 31.6 Å². The molecule has 0 unspecified atom stereocenters. The lowest BCUT2D eigenvalue weighted by atomic mass is 10.1. The number of aromatic nitrogens is 2. The molecule has 0 bridgehead atoms. The van der Waals surface area contributed by atoms with Crippen LogP contribution in [0.1, 0.15) is 32.7 Å². The highest BCUT2D eigenvalue weighted by Crippen LogP contribution is 2.17. The molecule has 0 saturated carbocycles. The van der Waals surface area contributed by atoms with E-state index >= 15 is 0 Å². The highest BCUT2D eigenvalue weighted by Gasteiger charge is 2.13. The van der Waals surface area contributed by atoms with Crippen LogP contribution >= 0.6 is 15.9 Å². The molecule has 2 heterocycles. The van der Waals surface area contributed by atoms with Gasteiger partial charge in [-0.3, -0.25) is 4.79 Å². The minimum absolute atomic E-state index is 0.0473. The zero-order valence-corrected chi connectivity index (χ0v) is 14.1. The lowest BCUT2D eigenvalue weighted by Crippen LogP contribution is -2.33. The smallest absolute Gasteiger partial charge is 0.283 e. The van der Waals surface area contributed by atoms with Gasteiger partial charge in [0, 0.05) is 6.54 Å². The van der Waals surface area contributed by atoms with Crippen LogP contribution in [0.5, 0.6) is 0 Å². The summed E-state index contributed by atoms with van der Waals surface area (Å²) in [6.07, 6.45) is 4.16. The van der Waals surface area contributed by atoms with Gasteiger partial charge in [-0.05, 0) is 55.7 Å². The Labute approximate surface area is 133 Å². The zero-order valence-electron chi connectivity index (χ0n) is 12.6. The third-order valence-electron chi connectivity index (χ3n) is 3.49. The number of rotatable bonds is 6. The van der Waals surface area contributed by atoms with E-state index in [0.717, 1.165) is 25.9 Å². The standard InChI is InChI=1S/C14H23BrN4O2/c1-10(2)19-14(20)13(15)12(9-18-19)17-7-8-21-11-3-5-16-6-4-11/h9-11,16-17H,3-8H2,1-2H3. The van der Waals surface area contributed by atoms with Crippen molar-refractivity contribution in [1.82, 2.24) is 15.1 Å². The Balaban J connectivity index is 1.83. The van der Waals surface area contributed by atoms with Gasteiger partial charge in [0.1, 0.15) is 4.47 Å². The zero-order chi connectivity index (χ0) is 15.2. The molecule has 0 amide bonds. The molecule has 0 spiro atoms. The Bertz CT molecular complexity index is 512. The molecular weight excluding hydrogens is 336 g/mol. The van der Waals surface area contributed by atoms with E-state index in [1.807, 2.05) is 13.8 Å². The number of ether oxygens (including phenoxy) is 1. The largest absolute Gasteiger partial charge is 0.380 e. The summed E-state index contributed by atoms with van der Waals surface area (Å²) in [5, 5.41) is 10.7. The Hall–Kier alpha value is -0.920. The van der Waals surface area contributed by atoms with E-state index in [9.17, 15) is 4.79 Å². The minimum atomic E-state index is -0.116. The van der Waals surface area contributed by atoms with Crippen LogP contribution in [0.25, 0.3) is 0 Å². The second kappa shape index (κ2) is 7.91. The predicted octanol–water partition coefficient (Wildman–Crippen LogP) is 1.77. The minimum Gasteiger partial charge on any atom is -0.380 e. The van der Waals surface area contributed by atoms with Crippen molar-refractivity contribution in [3.63, 3.8) is 0 Å². The summed E-state index contributed by atoms with van der Waals surface area (Å²) >= 11 is 3.34. The van der Waals surface area contributed by atoms with Gasteiger partial charge in [0.25, 0.3) is 5.56 Å². The fourth-order valence-corrected chi connectivity index (χ4v) is 2.73. The Morgan fingerprint density at radius 3 is 2.90 bits per heavy atom. The molecule has 1 saturated heterocycles. The van der Waals surface area contributed by atoms with Gasteiger partial charge in [0.05, 0.1) is 30.6 Å². The van der Waals surface area contributed by atoms with E-state index in [2.05, 4.69) is 31.7 Å². The van der Waals surface area contributed by atoms with Crippen molar-refractivity contribution in [1.29, 1.82) is 0 Å². The molecule has 2 rings (SSSR count). The van der Waals surface area contributed by atoms with Crippen LogP contribution < -0.4 is 16.2 Å². The molecule has 0 aromatic carbocycles. The highest BCUT2D eigenvalue weighted by molar-refractivity contribution is 9.10. The van der Waals surface area contributed by atoms with Gasteiger partial charge < -0.3 is 15.4 Å². The molecule has 7 heteroatoms. The maximum atomic E-state index is 12.1.